The van der Waals surface area contributed by atoms with Crippen molar-refractivity contribution < 1.29 is 23.0 Å². The first-order valence-corrected chi connectivity index (χ1v) is 4.08. The zero-order chi connectivity index (χ0) is 11.2. The molecule has 2 rings (SSSR count). The third-order valence-corrected chi connectivity index (χ3v) is 1.85. The molecule has 1 aliphatic rings. The van der Waals surface area contributed by atoms with Crippen LogP contribution in [0.4, 0.5) is 8.78 Å². The van der Waals surface area contributed by atoms with Gasteiger partial charge in [0.25, 0.3) is 5.91 Å². The predicted molar refractivity (Wildman–Crippen MR) is 45.0 cm³/mol. The molecular weight excluding hydrogens is 232 g/mol. The summed E-state index contributed by atoms with van der Waals surface area (Å²) in [6.07, 6.45) is -3.81. The fourth-order valence-corrected chi connectivity index (χ4v) is 1.33. The lowest BCUT2D eigenvalue weighted by atomic mass is 10.2. The van der Waals surface area contributed by atoms with E-state index in [1.165, 1.54) is 0 Å². The lowest BCUT2D eigenvalue weighted by Gasteiger charge is -2.05. The van der Waals surface area contributed by atoms with E-state index < -0.39 is 18.0 Å². The second kappa shape index (κ2) is 2.96. The van der Waals surface area contributed by atoms with Crippen molar-refractivity contribution in [2.75, 3.05) is 0 Å². The van der Waals surface area contributed by atoms with Gasteiger partial charge in [-0.3, -0.25) is 4.79 Å². The second-order valence-electron chi connectivity index (χ2n) is 2.72. The van der Waals surface area contributed by atoms with Crippen LogP contribution < -0.4 is 15.2 Å². The maximum absolute atomic E-state index is 12.7. The smallest absolute Gasteiger partial charge is 0.395 e. The fourth-order valence-electron chi connectivity index (χ4n) is 1.13. The van der Waals surface area contributed by atoms with Crippen LogP contribution in [0.2, 0.25) is 5.02 Å². The Morgan fingerprint density at radius 1 is 1.53 bits per heavy atom. The molecule has 0 unspecified atom stereocenters. The molecule has 1 aromatic rings. The molecule has 4 nitrogen and oxygen atoms in total. The third kappa shape index (κ3) is 1.68. The van der Waals surface area contributed by atoms with Gasteiger partial charge < -0.3 is 15.2 Å². The van der Waals surface area contributed by atoms with Gasteiger partial charge in [-0.25, -0.2) is 0 Å². The quantitative estimate of drug-likeness (QED) is 0.802. The summed E-state index contributed by atoms with van der Waals surface area (Å²) in [5, 5.41) is -0.0659. The van der Waals surface area contributed by atoms with Crippen molar-refractivity contribution >= 4 is 17.5 Å². The standard InChI is InChI=1S/C8H3ClF2NO3/c9-3-1-4(7(12)13)6-5(2-3)14-8(10,11)15-6/h2H,(H2,12,13). The molecular formula is C8H3ClF2NO3. The van der Waals surface area contributed by atoms with Crippen LogP contribution in [-0.4, -0.2) is 12.2 Å². The number of hydrogen-bond acceptors (Lipinski definition) is 3. The number of amides is 1. The van der Waals surface area contributed by atoms with Gasteiger partial charge >= 0.3 is 6.29 Å². The van der Waals surface area contributed by atoms with E-state index in [1.54, 1.807) is 0 Å². The molecule has 1 aromatic carbocycles. The Morgan fingerprint density at radius 2 is 2.20 bits per heavy atom. The van der Waals surface area contributed by atoms with Gasteiger partial charge in [0.05, 0.1) is 10.6 Å². The normalized spacial score (nSPS) is 16.5. The largest absolute Gasteiger partial charge is 0.586 e. The van der Waals surface area contributed by atoms with E-state index in [0.29, 0.717) is 0 Å². The highest BCUT2D eigenvalue weighted by Gasteiger charge is 2.45. The number of hydrogen-bond donors (Lipinski definition) is 1. The lowest BCUT2D eigenvalue weighted by Crippen LogP contribution is -2.26. The van der Waals surface area contributed by atoms with Gasteiger partial charge in [-0.15, -0.1) is 8.78 Å². The minimum atomic E-state index is -3.81. The van der Waals surface area contributed by atoms with Crippen LogP contribution in [0.25, 0.3) is 0 Å². The predicted octanol–water partition coefficient (Wildman–Crippen LogP) is 1.56. The maximum atomic E-state index is 12.7. The molecule has 2 N–H and O–H groups in total. The molecule has 0 bridgehead atoms. The molecule has 7 heteroatoms. The second-order valence-corrected chi connectivity index (χ2v) is 3.12. The first-order valence-electron chi connectivity index (χ1n) is 3.70. The van der Waals surface area contributed by atoms with Crippen molar-refractivity contribution in [3.05, 3.63) is 22.7 Å². The molecule has 1 amide bonds. The van der Waals surface area contributed by atoms with Crippen LogP contribution in [0.1, 0.15) is 10.4 Å². The van der Waals surface area contributed by atoms with E-state index in [1.807, 2.05) is 0 Å². The Bertz CT molecular complexity index is 450. The van der Waals surface area contributed by atoms with Gasteiger partial charge in [0.2, 0.25) is 0 Å². The number of primary amides is 1. The fraction of sp³-hybridized carbons (Fsp3) is 0.125. The average Bonchev–Trinajstić information content (AvgIpc) is 2.36. The summed E-state index contributed by atoms with van der Waals surface area (Å²) in [6.45, 7) is 0. The Morgan fingerprint density at radius 3 is 2.80 bits per heavy atom. The van der Waals surface area contributed by atoms with Gasteiger partial charge in [0.1, 0.15) is 0 Å². The van der Waals surface area contributed by atoms with Crippen LogP contribution in [0.5, 0.6) is 11.5 Å². The number of benzene rings is 1. The summed E-state index contributed by atoms with van der Waals surface area (Å²) in [4.78, 5) is 10.9. The highest BCUT2D eigenvalue weighted by atomic mass is 35.5. The molecule has 0 saturated carbocycles. The van der Waals surface area contributed by atoms with Crippen molar-refractivity contribution in [3.8, 4) is 11.5 Å². The van der Waals surface area contributed by atoms with Gasteiger partial charge in [-0.1, -0.05) is 11.6 Å². The summed E-state index contributed by atoms with van der Waals surface area (Å²) in [5.41, 5.74) is 4.57. The van der Waals surface area contributed by atoms with Crippen molar-refractivity contribution in [1.29, 1.82) is 0 Å². The molecule has 1 heterocycles. The SMILES string of the molecule is NC(=O)c1[c]c(Cl)cc2c1OC(F)(F)O2. The number of carbonyl (C=O) groups excluding carboxylic acids is 1. The minimum absolute atomic E-state index is 0.0659. The maximum Gasteiger partial charge on any atom is 0.586 e. The third-order valence-electron chi connectivity index (χ3n) is 1.65. The van der Waals surface area contributed by atoms with E-state index in [2.05, 4.69) is 15.5 Å². The zero-order valence-electron chi connectivity index (χ0n) is 7.01. The number of carbonyl (C=O) groups is 1. The summed E-state index contributed by atoms with van der Waals surface area (Å²) < 4.78 is 33.5. The molecule has 0 fully saturated rings. The molecule has 0 aromatic heterocycles. The van der Waals surface area contributed by atoms with E-state index in [4.69, 9.17) is 17.3 Å². The first-order chi connectivity index (χ1) is 6.89. The van der Waals surface area contributed by atoms with Crippen LogP contribution >= 0.6 is 11.6 Å². The van der Waals surface area contributed by atoms with Crippen molar-refractivity contribution in [1.82, 2.24) is 0 Å². The molecule has 1 aliphatic heterocycles. The van der Waals surface area contributed by atoms with Gasteiger partial charge in [-0.05, 0) is 0 Å². The van der Waals surface area contributed by atoms with Crippen molar-refractivity contribution in [3.63, 3.8) is 0 Å². The van der Waals surface area contributed by atoms with E-state index in [0.717, 1.165) is 6.07 Å². The number of halogens is 3. The molecule has 0 atom stereocenters. The van der Waals surface area contributed by atoms with Crippen LogP contribution in [-0.2, 0) is 0 Å². The van der Waals surface area contributed by atoms with Crippen LogP contribution in [0.3, 0.4) is 0 Å². The number of rotatable bonds is 1. The lowest BCUT2D eigenvalue weighted by molar-refractivity contribution is -0.286. The first kappa shape index (κ1) is 9.97. The van der Waals surface area contributed by atoms with Gasteiger partial charge in [0, 0.05) is 12.1 Å². The topological polar surface area (TPSA) is 61.6 Å². The van der Waals surface area contributed by atoms with Crippen molar-refractivity contribution in [2.24, 2.45) is 5.73 Å². The molecule has 0 aliphatic carbocycles. The highest BCUT2D eigenvalue weighted by Crippen LogP contribution is 2.44. The molecule has 0 spiro atoms. The summed E-state index contributed by atoms with van der Waals surface area (Å²) in [7, 11) is 0. The van der Waals surface area contributed by atoms with E-state index >= 15 is 0 Å². The Balaban J connectivity index is 2.58. The van der Waals surface area contributed by atoms with Gasteiger partial charge in [-0.2, -0.15) is 0 Å². The number of ether oxygens (including phenoxy) is 2. The number of nitrogens with two attached hydrogens (primary N) is 1. The Kier molecular flexibility index (Phi) is 1.97. The molecule has 0 saturated heterocycles. The number of alkyl halides is 2. The Labute approximate surface area is 87.5 Å². The summed E-state index contributed by atoms with van der Waals surface area (Å²) in [5.74, 6) is -1.76. The van der Waals surface area contributed by atoms with Crippen molar-refractivity contribution in [2.45, 2.75) is 6.29 Å². The zero-order valence-corrected chi connectivity index (χ0v) is 7.77. The molecule has 79 valence electrons. The van der Waals surface area contributed by atoms with Crippen LogP contribution in [0, 0.1) is 6.07 Å². The monoisotopic (exact) mass is 234 g/mol. The minimum Gasteiger partial charge on any atom is -0.395 e. The molecule has 1 radical (unpaired) electrons. The molecule has 15 heavy (non-hydrogen) atoms. The average molecular weight is 235 g/mol. The Hall–Kier alpha value is -1.56. The van der Waals surface area contributed by atoms with Gasteiger partial charge in [0.15, 0.2) is 11.5 Å². The highest BCUT2D eigenvalue weighted by molar-refractivity contribution is 6.31. The van der Waals surface area contributed by atoms with E-state index in [9.17, 15) is 13.6 Å². The van der Waals surface area contributed by atoms with E-state index in [-0.39, 0.29) is 16.3 Å². The van der Waals surface area contributed by atoms with Crippen LogP contribution in [0.15, 0.2) is 6.07 Å². The summed E-state index contributed by atoms with van der Waals surface area (Å²) >= 11 is 5.52. The number of fused-ring (bicyclic) bond motifs is 1. The summed E-state index contributed by atoms with van der Waals surface area (Å²) in [6, 6.07) is 3.36.